The van der Waals surface area contributed by atoms with Gasteiger partial charge in [0, 0.05) is 20.1 Å². The molecule has 1 fully saturated rings. The molecule has 1 amide bonds. The Morgan fingerprint density at radius 2 is 1.72 bits per heavy atom. The van der Waals surface area contributed by atoms with Gasteiger partial charge in [-0.2, -0.15) is 0 Å². The van der Waals surface area contributed by atoms with Crippen molar-refractivity contribution in [3.05, 3.63) is 21.0 Å². The summed E-state index contributed by atoms with van der Waals surface area (Å²) in [6.45, 7) is 8.18. The fourth-order valence-electron chi connectivity index (χ4n) is 4.24. The molecule has 1 aromatic heterocycles. The van der Waals surface area contributed by atoms with Crippen LogP contribution in [0.4, 0.5) is 4.79 Å². The van der Waals surface area contributed by atoms with Gasteiger partial charge in [-0.25, -0.2) is 33.1 Å². The van der Waals surface area contributed by atoms with Gasteiger partial charge in [0.25, 0.3) is 0 Å². The van der Waals surface area contributed by atoms with Crippen molar-refractivity contribution in [3.8, 4) is 0 Å². The quantitative estimate of drug-likeness (QED) is 0.673. The molecule has 0 aromatic carbocycles. The number of hydrogen-bond donors (Lipinski definition) is 0. The Hall–Kier alpha value is -2.52. The van der Waals surface area contributed by atoms with E-state index in [0.717, 1.165) is 4.57 Å². The highest BCUT2D eigenvalue weighted by molar-refractivity contribution is 5.74. The maximum Gasteiger partial charge on any atom is 0.410 e. The molecule has 162 valence electrons. The number of hydrogen-bond acceptors (Lipinski definition) is 6. The first-order valence-corrected chi connectivity index (χ1v) is 10.1. The zero-order valence-corrected chi connectivity index (χ0v) is 17.8. The van der Waals surface area contributed by atoms with E-state index < -0.39 is 34.5 Å². The summed E-state index contributed by atoms with van der Waals surface area (Å²) >= 11 is 0. The monoisotopic (exact) mass is 410 g/mol. The average Bonchev–Trinajstić information content (AvgIpc) is 2.87. The van der Waals surface area contributed by atoms with Crippen LogP contribution in [-0.4, -0.2) is 56.2 Å². The zero-order valence-electron chi connectivity index (χ0n) is 17.8. The maximum atomic E-state index is 12.9. The predicted molar refractivity (Wildman–Crippen MR) is 104 cm³/mol. The van der Waals surface area contributed by atoms with Gasteiger partial charge in [-0.1, -0.05) is 0 Å². The molecule has 10 nitrogen and oxygen atoms in total. The fraction of sp³-hybridized carbons (Fsp3) is 0.789. The first kappa shape index (κ1) is 21.2. The highest BCUT2D eigenvalue weighted by Gasteiger charge is 2.47. The van der Waals surface area contributed by atoms with Gasteiger partial charge in [-0.3, -0.25) is 0 Å². The van der Waals surface area contributed by atoms with E-state index in [2.05, 4.69) is 0 Å². The van der Waals surface area contributed by atoms with E-state index >= 15 is 0 Å². The van der Waals surface area contributed by atoms with E-state index in [4.69, 9.17) is 9.47 Å². The Morgan fingerprint density at radius 1 is 1.10 bits per heavy atom. The summed E-state index contributed by atoms with van der Waals surface area (Å²) < 4.78 is 14.3. The third kappa shape index (κ3) is 3.72. The van der Waals surface area contributed by atoms with E-state index in [-0.39, 0.29) is 12.7 Å². The van der Waals surface area contributed by atoms with Crippen LogP contribution in [0.15, 0.2) is 9.59 Å². The number of carbonyl (C=O) groups is 2. The van der Waals surface area contributed by atoms with Crippen molar-refractivity contribution in [2.24, 2.45) is 7.05 Å². The van der Waals surface area contributed by atoms with Gasteiger partial charge in [0.05, 0.1) is 12.1 Å². The van der Waals surface area contributed by atoms with Crippen molar-refractivity contribution < 1.29 is 19.1 Å². The van der Waals surface area contributed by atoms with Gasteiger partial charge in [-0.15, -0.1) is 0 Å². The molecule has 10 heteroatoms. The second-order valence-electron chi connectivity index (χ2n) is 8.78. The lowest BCUT2D eigenvalue weighted by molar-refractivity contribution is -0.150. The number of piperidine rings is 1. The normalized spacial score (nSPS) is 21.0. The van der Waals surface area contributed by atoms with Gasteiger partial charge < -0.3 is 14.4 Å². The molecule has 0 N–H and O–H groups in total. The summed E-state index contributed by atoms with van der Waals surface area (Å²) in [5, 5.41) is 0. The minimum absolute atomic E-state index is 0.205. The molecule has 3 rings (SSSR count). The standard InChI is InChI=1S/C19H30N4O6/c1-6-28-14(24)13-7-8-19(23-16(26)20(5)15(25)22(13)23)9-11-21(12-10-19)17(27)29-18(2,3)4/h13H,6-12H2,1-5H3. The Labute approximate surface area is 169 Å². The number of aromatic nitrogens is 3. The molecule has 1 spiro atoms. The summed E-state index contributed by atoms with van der Waals surface area (Å²) in [6.07, 6.45) is 1.60. The van der Waals surface area contributed by atoms with Gasteiger partial charge in [0.15, 0.2) is 6.04 Å². The van der Waals surface area contributed by atoms with Crippen LogP contribution in [0.1, 0.15) is 59.4 Å². The van der Waals surface area contributed by atoms with Crippen molar-refractivity contribution in [1.29, 1.82) is 0 Å². The zero-order chi connectivity index (χ0) is 21.6. The number of fused-ring (bicyclic) bond motifs is 2. The molecule has 1 aromatic rings. The van der Waals surface area contributed by atoms with Crippen molar-refractivity contribution in [1.82, 2.24) is 18.8 Å². The van der Waals surface area contributed by atoms with E-state index in [1.807, 2.05) is 20.8 Å². The van der Waals surface area contributed by atoms with Crippen molar-refractivity contribution in [2.45, 2.75) is 70.6 Å². The van der Waals surface area contributed by atoms with Crippen molar-refractivity contribution in [3.63, 3.8) is 0 Å². The topological polar surface area (TPSA) is 105 Å². The van der Waals surface area contributed by atoms with Crippen LogP contribution >= 0.6 is 0 Å². The molecule has 2 aliphatic heterocycles. The van der Waals surface area contributed by atoms with E-state index in [1.165, 1.54) is 16.4 Å². The number of amides is 1. The minimum atomic E-state index is -0.814. The van der Waals surface area contributed by atoms with E-state index in [1.54, 1.807) is 11.8 Å². The van der Waals surface area contributed by atoms with Crippen LogP contribution in [0.25, 0.3) is 0 Å². The number of carbonyl (C=O) groups excluding carboxylic acids is 2. The molecule has 3 heterocycles. The largest absolute Gasteiger partial charge is 0.464 e. The molecule has 0 radical (unpaired) electrons. The highest BCUT2D eigenvalue weighted by Crippen LogP contribution is 2.39. The van der Waals surface area contributed by atoms with E-state index in [0.29, 0.717) is 38.8 Å². The SMILES string of the molecule is CCOC(=O)C1CCC2(CCN(C(=O)OC(C)(C)C)CC2)n2c(=O)n(C)c(=O)n21. The van der Waals surface area contributed by atoms with E-state index in [9.17, 15) is 19.2 Å². The van der Waals surface area contributed by atoms with Crippen LogP contribution in [0.3, 0.4) is 0 Å². The first-order chi connectivity index (χ1) is 13.5. The van der Waals surface area contributed by atoms with Crippen LogP contribution in [0.5, 0.6) is 0 Å². The Kier molecular flexibility index (Phi) is 5.40. The third-order valence-corrected chi connectivity index (χ3v) is 5.70. The van der Waals surface area contributed by atoms with Gasteiger partial charge in [0.1, 0.15) is 5.60 Å². The summed E-state index contributed by atoms with van der Waals surface area (Å²) in [5.74, 6) is -0.505. The first-order valence-electron chi connectivity index (χ1n) is 10.1. The Bertz CT molecular complexity index is 911. The molecule has 1 saturated heterocycles. The number of nitrogens with zero attached hydrogens (tertiary/aromatic N) is 4. The highest BCUT2D eigenvalue weighted by atomic mass is 16.6. The molecule has 0 bridgehead atoms. The number of likely N-dealkylation sites (tertiary alicyclic amines) is 1. The summed E-state index contributed by atoms with van der Waals surface area (Å²) in [7, 11) is 1.41. The van der Waals surface area contributed by atoms with Crippen molar-refractivity contribution in [2.75, 3.05) is 19.7 Å². The number of ether oxygens (including phenoxy) is 2. The summed E-state index contributed by atoms with van der Waals surface area (Å²) in [5.41, 5.74) is -2.17. The Balaban J connectivity index is 1.91. The molecule has 2 aliphatic rings. The van der Waals surface area contributed by atoms with Crippen LogP contribution < -0.4 is 11.4 Å². The van der Waals surface area contributed by atoms with Gasteiger partial charge in [0.2, 0.25) is 0 Å². The van der Waals surface area contributed by atoms with Crippen LogP contribution in [-0.2, 0) is 26.9 Å². The molecule has 1 atom stereocenters. The second kappa shape index (κ2) is 7.38. The smallest absolute Gasteiger partial charge is 0.410 e. The van der Waals surface area contributed by atoms with Crippen LogP contribution in [0, 0.1) is 0 Å². The number of esters is 1. The average molecular weight is 410 g/mol. The maximum absolute atomic E-state index is 12.9. The molecule has 0 saturated carbocycles. The lowest BCUT2D eigenvalue weighted by Crippen LogP contribution is -2.56. The lowest BCUT2D eigenvalue weighted by atomic mass is 9.81. The summed E-state index contributed by atoms with van der Waals surface area (Å²) in [6, 6.07) is -0.814. The molecule has 29 heavy (non-hydrogen) atoms. The third-order valence-electron chi connectivity index (χ3n) is 5.70. The van der Waals surface area contributed by atoms with Gasteiger partial charge >= 0.3 is 23.4 Å². The van der Waals surface area contributed by atoms with Crippen molar-refractivity contribution >= 4 is 12.1 Å². The molecule has 1 unspecified atom stereocenters. The fourth-order valence-corrected chi connectivity index (χ4v) is 4.24. The molecular weight excluding hydrogens is 380 g/mol. The molecule has 0 aliphatic carbocycles. The minimum Gasteiger partial charge on any atom is -0.464 e. The summed E-state index contributed by atoms with van der Waals surface area (Å²) in [4.78, 5) is 52.0. The second-order valence-corrected chi connectivity index (χ2v) is 8.78. The number of rotatable bonds is 2. The molecular formula is C19H30N4O6. The Morgan fingerprint density at radius 3 is 2.28 bits per heavy atom. The van der Waals surface area contributed by atoms with Gasteiger partial charge in [-0.05, 0) is 53.4 Å². The lowest BCUT2D eigenvalue weighted by Gasteiger charge is -2.46. The predicted octanol–water partition coefficient (Wildman–Crippen LogP) is 0.973. The van der Waals surface area contributed by atoms with Crippen LogP contribution in [0.2, 0.25) is 0 Å².